The standard InChI is InChI=1S/C15H23NO2/c1-12-5-6-15-13(9-12)10-14(18-15)11-16-7-3-2-4-8-17/h5-6,9,14,16-17H,2-4,7-8,10-11H2,1H3. The molecule has 0 saturated carbocycles. The molecule has 100 valence electrons. The van der Waals surface area contributed by atoms with Crippen molar-refractivity contribution in [2.45, 2.75) is 38.7 Å². The molecule has 0 aromatic heterocycles. The highest BCUT2D eigenvalue weighted by atomic mass is 16.5. The van der Waals surface area contributed by atoms with Crippen LogP contribution in [0.5, 0.6) is 5.75 Å². The van der Waals surface area contributed by atoms with Crippen LogP contribution >= 0.6 is 0 Å². The average molecular weight is 249 g/mol. The number of benzene rings is 1. The first kappa shape index (κ1) is 13.4. The number of aliphatic hydroxyl groups is 1. The van der Waals surface area contributed by atoms with Crippen molar-refractivity contribution in [3.05, 3.63) is 29.3 Å². The van der Waals surface area contributed by atoms with E-state index in [-0.39, 0.29) is 6.10 Å². The summed E-state index contributed by atoms with van der Waals surface area (Å²) in [4.78, 5) is 0. The fourth-order valence-corrected chi connectivity index (χ4v) is 2.36. The van der Waals surface area contributed by atoms with Crippen molar-refractivity contribution in [1.29, 1.82) is 0 Å². The van der Waals surface area contributed by atoms with Crippen LogP contribution in [-0.2, 0) is 6.42 Å². The molecule has 18 heavy (non-hydrogen) atoms. The highest BCUT2D eigenvalue weighted by molar-refractivity contribution is 5.40. The van der Waals surface area contributed by atoms with E-state index in [2.05, 4.69) is 30.4 Å². The average Bonchev–Trinajstić information content (AvgIpc) is 2.75. The molecule has 0 saturated heterocycles. The SMILES string of the molecule is Cc1ccc2c(c1)CC(CNCCCCCO)O2. The normalized spacial score (nSPS) is 17.6. The van der Waals surface area contributed by atoms with Crippen LogP contribution in [0.2, 0.25) is 0 Å². The van der Waals surface area contributed by atoms with Crippen LogP contribution in [0.4, 0.5) is 0 Å². The molecule has 3 heteroatoms. The minimum atomic E-state index is 0.277. The van der Waals surface area contributed by atoms with Crippen molar-refractivity contribution in [2.75, 3.05) is 19.7 Å². The van der Waals surface area contributed by atoms with Crippen LogP contribution in [0.25, 0.3) is 0 Å². The Kier molecular flexibility index (Phi) is 5.02. The van der Waals surface area contributed by atoms with Gasteiger partial charge in [-0.2, -0.15) is 0 Å². The van der Waals surface area contributed by atoms with Crippen molar-refractivity contribution in [2.24, 2.45) is 0 Å². The summed E-state index contributed by atoms with van der Waals surface area (Å²) in [6.45, 7) is 4.34. The van der Waals surface area contributed by atoms with Gasteiger partial charge in [0.25, 0.3) is 0 Å². The Morgan fingerprint density at radius 2 is 2.22 bits per heavy atom. The molecule has 0 aliphatic carbocycles. The van der Waals surface area contributed by atoms with E-state index in [1.807, 2.05) is 0 Å². The Labute approximate surface area is 109 Å². The van der Waals surface area contributed by atoms with Crippen molar-refractivity contribution in [1.82, 2.24) is 5.32 Å². The second-order valence-electron chi connectivity index (χ2n) is 5.04. The van der Waals surface area contributed by atoms with Crippen molar-refractivity contribution >= 4 is 0 Å². The first-order valence-corrected chi connectivity index (χ1v) is 6.87. The van der Waals surface area contributed by atoms with Crippen LogP contribution in [0.1, 0.15) is 30.4 Å². The van der Waals surface area contributed by atoms with Crippen LogP contribution in [0, 0.1) is 6.92 Å². The Hall–Kier alpha value is -1.06. The summed E-state index contributed by atoms with van der Waals surface area (Å²) >= 11 is 0. The lowest BCUT2D eigenvalue weighted by Crippen LogP contribution is -2.30. The predicted molar refractivity (Wildman–Crippen MR) is 73.1 cm³/mol. The van der Waals surface area contributed by atoms with Crippen molar-refractivity contribution in [3.8, 4) is 5.75 Å². The second kappa shape index (κ2) is 6.76. The van der Waals surface area contributed by atoms with Gasteiger partial charge < -0.3 is 15.2 Å². The second-order valence-corrected chi connectivity index (χ2v) is 5.04. The van der Waals surface area contributed by atoms with E-state index in [1.54, 1.807) is 0 Å². The molecule has 1 aliphatic rings. The zero-order valence-electron chi connectivity index (χ0n) is 11.1. The van der Waals surface area contributed by atoms with Crippen molar-refractivity contribution in [3.63, 3.8) is 0 Å². The molecule has 2 N–H and O–H groups in total. The smallest absolute Gasteiger partial charge is 0.123 e. The van der Waals surface area contributed by atoms with E-state index < -0.39 is 0 Å². The highest BCUT2D eigenvalue weighted by Crippen LogP contribution is 2.29. The number of unbranched alkanes of at least 4 members (excludes halogenated alkanes) is 2. The molecule has 0 fully saturated rings. The van der Waals surface area contributed by atoms with E-state index in [1.165, 1.54) is 11.1 Å². The lowest BCUT2D eigenvalue weighted by atomic mass is 10.1. The van der Waals surface area contributed by atoms with Gasteiger partial charge in [-0.25, -0.2) is 0 Å². The zero-order valence-corrected chi connectivity index (χ0v) is 11.1. The van der Waals surface area contributed by atoms with Crippen LogP contribution in [0.3, 0.4) is 0 Å². The molecule has 1 aromatic carbocycles. The topological polar surface area (TPSA) is 41.5 Å². The largest absolute Gasteiger partial charge is 0.488 e. The summed E-state index contributed by atoms with van der Waals surface area (Å²) < 4.78 is 5.89. The van der Waals surface area contributed by atoms with E-state index in [4.69, 9.17) is 9.84 Å². The Bertz CT molecular complexity index is 379. The number of hydrogen-bond donors (Lipinski definition) is 2. The van der Waals surface area contributed by atoms with Gasteiger partial charge in [-0.3, -0.25) is 0 Å². The summed E-state index contributed by atoms with van der Waals surface area (Å²) in [6, 6.07) is 6.39. The van der Waals surface area contributed by atoms with Gasteiger partial charge >= 0.3 is 0 Å². The van der Waals surface area contributed by atoms with E-state index in [0.29, 0.717) is 6.61 Å². The van der Waals surface area contributed by atoms with Gasteiger partial charge in [-0.15, -0.1) is 0 Å². The number of fused-ring (bicyclic) bond motifs is 1. The molecule has 1 aromatic rings. The molecular weight excluding hydrogens is 226 g/mol. The maximum Gasteiger partial charge on any atom is 0.123 e. The lowest BCUT2D eigenvalue weighted by molar-refractivity contribution is 0.227. The van der Waals surface area contributed by atoms with Gasteiger partial charge in [-0.05, 0) is 44.4 Å². The van der Waals surface area contributed by atoms with Gasteiger partial charge in [0.1, 0.15) is 11.9 Å². The molecular formula is C15H23NO2. The molecule has 0 amide bonds. The number of aliphatic hydroxyl groups excluding tert-OH is 1. The quantitative estimate of drug-likeness (QED) is 0.727. The summed E-state index contributed by atoms with van der Waals surface area (Å²) in [5, 5.41) is 12.1. The van der Waals surface area contributed by atoms with E-state index in [9.17, 15) is 0 Å². The maximum absolute atomic E-state index is 8.68. The number of rotatable bonds is 7. The van der Waals surface area contributed by atoms with Gasteiger partial charge in [0.15, 0.2) is 0 Å². The first-order chi connectivity index (χ1) is 8.79. The van der Waals surface area contributed by atoms with Crippen LogP contribution in [0.15, 0.2) is 18.2 Å². The Balaban J connectivity index is 1.65. The van der Waals surface area contributed by atoms with Crippen molar-refractivity contribution < 1.29 is 9.84 Å². The molecule has 3 nitrogen and oxygen atoms in total. The molecule has 0 bridgehead atoms. The van der Waals surface area contributed by atoms with Gasteiger partial charge in [0.05, 0.1) is 0 Å². The van der Waals surface area contributed by atoms with Crippen LogP contribution in [-0.4, -0.2) is 30.9 Å². The number of nitrogens with one attached hydrogen (secondary N) is 1. The third-order valence-corrected chi connectivity index (χ3v) is 3.34. The lowest BCUT2D eigenvalue weighted by Gasteiger charge is -2.11. The minimum Gasteiger partial charge on any atom is -0.488 e. The Morgan fingerprint density at radius 1 is 1.33 bits per heavy atom. The van der Waals surface area contributed by atoms with Gasteiger partial charge in [-0.1, -0.05) is 17.7 Å². The fourth-order valence-electron chi connectivity index (χ4n) is 2.36. The van der Waals surface area contributed by atoms with Crippen LogP contribution < -0.4 is 10.1 Å². The summed E-state index contributed by atoms with van der Waals surface area (Å²) in [5.41, 5.74) is 2.64. The number of ether oxygens (including phenoxy) is 1. The third-order valence-electron chi connectivity index (χ3n) is 3.34. The molecule has 1 heterocycles. The minimum absolute atomic E-state index is 0.277. The molecule has 1 unspecified atom stereocenters. The zero-order chi connectivity index (χ0) is 12.8. The van der Waals surface area contributed by atoms with Gasteiger partial charge in [0, 0.05) is 19.6 Å². The van der Waals surface area contributed by atoms with E-state index >= 15 is 0 Å². The molecule has 0 radical (unpaired) electrons. The summed E-state index contributed by atoms with van der Waals surface area (Å²) in [5.74, 6) is 1.05. The number of aryl methyl sites for hydroxylation is 1. The molecule has 1 atom stereocenters. The fraction of sp³-hybridized carbons (Fsp3) is 0.600. The number of hydrogen-bond acceptors (Lipinski definition) is 3. The molecule has 2 rings (SSSR count). The maximum atomic E-state index is 8.68. The first-order valence-electron chi connectivity index (χ1n) is 6.87. The monoisotopic (exact) mass is 249 g/mol. The summed E-state index contributed by atoms with van der Waals surface area (Å²) in [6.07, 6.45) is 4.42. The molecule has 0 spiro atoms. The molecule has 1 aliphatic heterocycles. The summed E-state index contributed by atoms with van der Waals surface area (Å²) in [7, 11) is 0. The predicted octanol–water partition coefficient (Wildman–Crippen LogP) is 2.05. The Morgan fingerprint density at radius 3 is 3.06 bits per heavy atom. The van der Waals surface area contributed by atoms with E-state index in [0.717, 1.165) is 44.5 Å². The van der Waals surface area contributed by atoms with Gasteiger partial charge in [0.2, 0.25) is 0 Å². The third kappa shape index (κ3) is 3.72. The highest BCUT2D eigenvalue weighted by Gasteiger charge is 2.21.